The number of nitrogens with zero attached hydrogens (tertiary/aromatic N) is 1. The average Bonchev–Trinajstić information content (AvgIpc) is 3.09. The van der Waals surface area contributed by atoms with E-state index in [4.69, 9.17) is 0 Å². The SMILES string of the molecule is CCN(CC1CC1)C(=O)c1ccccc1Br. The van der Waals surface area contributed by atoms with Crippen molar-refractivity contribution in [1.29, 1.82) is 0 Å². The van der Waals surface area contributed by atoms with Crippen molar-refractivity contribution in [2.45, 2.75) is 19.8 Å². The Morgan fingerprint density at radius 3 is 2.69 bits per heavy atom. The maximum Gasteiger partial charge on any atom is 0.254 e. The summed E-state index contributed by atoms with van der Waals surface area (Å²) in [5.41, 5.74) is 0.769. The van der Waals surface area contributed by atoms with Crippen molar-refractivity contribution in [3.05, 3.63) is 34.3 Å². The Hall–Kier alpha value is -0.830. The summed E-state index contributed by atoms with van der Waals surface area (Å²) in [5.74, 6) is 0.883. The first-order valence-corrected chi connectivity index (χ1v) is 6.55. The third kappa shape index (κ3) is 2.64. The fourth-order valence-corrected chi connectivity index (χ4v) is 2.23. The van der Waals surface area contributed by atoms with Gasteiger partial charge in [-0.3, -0.25) is 4.79 Å². The predicted octanol–water partition coefficient (Wildman–Crippen LogP) is 3.32. The second kappa shape index (κ2) is 5.00. The Morgan fingerprint density at radius 2 is 2.12 bits per heavy atom. The minimum Gasteiger partial charge on any atom is -0.339 e. The minimum absolute atomic E-state index is 0.141. The minimum atomic E-state index is 0.141. The maximum absolute atomic E-state index is 12.3. The van der Waals surface area contributed by atoms with E-state index in [1.165, 1.54) is 12.8 Å². The zero-order valence-corrected chi connectivity index (χ0v) is 11.0. The fraction of sp³-hybridized carbons (Fsp3) is 0.462. The molecule has 86 valence electrons. The average molecular weight is 282 g/mol. The van der Waals surface area contributed by atoms with E-state index in [2.05, 4.69) is 15.9 Å². The zero-order valence-electron chi connectivity index (χ0n) is 9.45. The third-order valence-electron chi connectivity index (χ3n) is 2.95. The lowest BCUT2D eigenvalue weighted by atomic mass is 10.2. The molecule has 0 aromatic heterocycles. The van der Waals surface area contributed by atoms with Gasteiger partial charge in [-0.2, -0.15) is 0 Å². The molecule has 0 aliphatic heterocycles. The van der Waals surface area contributed by atoms with Crippen LogP contribution in [0.25, 0.3) is 0 Å². The van der Waals surface area contributed by atoms with Crippen molar-refractivity contribution < 1.29 is 4.79 Å². The highest BCUT2D eigenvalue weighted by Gasteiger charge is 2.26. The first-order valence-electron chi connectivity index (χ1n) is 5.76. The second-order valence-corrected chi connectivity index (χ2v) is 5.12. The molecule has 1 aromatic carbocycles. The highest BCUT2D eigenvalue weighted by molar-refractivity contribution is 9.10. The van der Waals surface area contributed by atoms with Crippen LogP contribution in [0.1, 0.15) is 30.1 Å². The summed E-state index contributed by atoms with van der Waals surface area (Å²) in [6.45, 7) is 3.74. The molecule has 1 aliphatic carbocycles. The molecule has 0 N–H and O–H groups in total. The first-order chi connectivity index (χ1) is 7.72. The molecule has 0 atom stereocenters. The molecule has 1 amide bonds. The smallest absolute Gasteiger partial charge is 0.254 e. The molecule has 3 heteroatoms. The number of halogens is 1. The standard InChI is InChI=1S/C13H16BrNO/c1-2-15(9-10-7-8-10)13(16)11-5-3-4-6-12(11)14/h3-6,10H,2,7-9H2,1H3. The molecule has 0 unspecified atom stereocenters. The van der Waals surface area contributed by atoms with Gasteiger partial charge in [0.1, 0.15) is 0 Å². The van der Waals surface area contributed by atoms with Gasteiger partial charge in [0, 0.05) is 17.6 Å². The van der Waals surface area contributed by atoms with Crippen LogP contribution in [0, 0.1) is 5.92 Å². The highest BCUT2D eigenvalue weighted by atomic mass is 79.9. The topological polar surface area (TPSA) is 20.3 Å². The van der Waals surface area contributed by atoms with Crippen LogP contribution < -0.4 is 0 Å². The number of hydrogen-bond acceptors (Lipinski definition) is 1. The van der Waals surface area contributed by atoms with Crippen molar-refractivity contribution in [2.24, 2.45) is 5.92 Å². The van der Waals surface area contributed by atoms with E-state index in [1.807, 2.05) is 36.1 Å². The van der Waals surface area contributed by atoms with Crippen LogP contribution in [0.3, 0.4) is 0 Å². The quantitative estimate of drug-likeness (QED) is 0.829. The fourth-order valence-electron chi connectivity index (χ4n) is 1.77. The largest absolute Gasteiger partial charge is 0.339 e. The Labute approximate surface area is 105 Å². The lowest BCUT2D eigenvalue weighted by molar-refractivity contribution is 0.0756. The molecule has 1 saturated carbocycles. The Bertz CT molecular complexity index is 387. The van der Waals surface area contributed by atoms with Gasteiger partial charge in [0.2, 0.25) is 0 Å². The summed E-state index contributed by atoms with van der Waals surface area (Å²) >= 11 is 3.43. The molecule has 2 rings (SSSR count). The van der Waals surface area contributed by atoms with Crippen molar-refractivity contribution >= 4 is 21.8 Å². The van der Waals surface area contributed by atoms with Crippen molar-refractivity contribution in [1.82, 2.24) is 4.90 Å². The van der Waals surface area contributed by atoms with Gasteiger partial charge < -0.3 is 4.90 Å². The Balaban J connectivity index is 2.12. The van der Waals surface area contributed by atoms with Gasteiger partial charge in [-0.15, -0.1) is 0 Å². The van der Waals surface area contributed by atoms with Crippen LogP contribution in [0.2, 0.25) is 0 Å². The van der Waals surface area contributed by atoms with Crippen molar-refractivity contribution in [2.75, 3.05) is 13.1 Å². The van der Waals surface area contributed by atoms with E-state index in [1.54, 1.807) is 0 Å². The van der Waals surface area contributed by atoms with Crippen LogP contribution >= 0.6 is 15.9 Å². The zero-order chi connectivity index (χ0) is 11.5. The van der Waals surface area contributed by atoms with Gasteiger partial charge in [-0.1, -0.05) is 12.1 Å². The van der Waals surface area contributed by atoms with E-state index >= 15 is 0 Å². The monoisotopic (exact) mass is 281 g/mol. The first kappa shape index (κ1) is 11.6. The van der Waals surface area contributed by atoms with Crippen LogP contribution in [-0.4, -0.2) is 23.9 Å². The molecular formula is C13H16BrNO. The van der Waals surface area contributed by atoms with Crippen LogP contribution in [0.15, 0.2) is 28.7 Å². The van der Waals surface area contributed by atoms with Gasteiger partial charge >= 0.3 is 0 Å². The molecular weight excluding hydrogens is 266 g/mol. The van der Waals surface area contributed by atoms with Gasteiger partial charge in [0.15, 0.2) is 0 Å². The number of carbonyl (C=O) groups excluding carboxylic acids is 1. The van der Waals surface area contributed by atoms with E-state index < -0.39 is 0 Å². The second-order valence-electron chi connectivity index (χ2n) is 4.27. The molecule has 1 aliphatic rings. The van der Waals surface area contributed by atoms with Gasteiger partial charge in [0.25, 0.3) is 5.91 Å². The lowest BCUT2D eigenvalue weighted by Crippen LogP contribution is -2.32. The molecule has 1 aromatic rings. The predicted molar refractivity (Wildman–Crippen MR) is 68.4 cm³/mol. The molecule has 0 spiro atoms. The van der Waals surface area contributed by atoms with Gasteiger partial charge in [-0.25, -0.2) is 0 Å². The number of rotatable bonds is 4. The van der Waals surface area contributed by atoms with E-state index in [-0.39, 0.29) is 5.91 Å². The summed E-state index contributed by atoms with van der Waals surface area (Å²) in [4.78, 5) is 14.2. The maximum atomic E-state index is 12.3. The Kier molecular flexibility index (Phi) is 3.64. The molecule has 2 nitrogen and oxygen atoms in total. The molecule has 0 saturated heterocycles. The summed E-state index contributed by atoms with van der Waals surface area (Å²) in [6, 6.07) is 7.63. The molecule has 16 heavy (non-hydrogen) atoms. The van der Waals surface area contributed by atoms with Crippen LogP contribution in [0.5, 0.6) is 0 Å². The van der Waals surface area contributed by atoms with Crippen LogP contribution in [0.4, 0.5) is 0 Å². The van der Waals surface area contributed by atoms with Crippen molar-refractivity contribution in [3.63, 3.8) is 0 Å². The Morgan fingerprint density at radius 1 is 1.44 bits per heavy atom. The summed E-state index contributed by atoms with van der Waals surface area (Å²) in [5, 5.41) is 0. The third-order valence-corrected chi connectivity index (χ3v) is 3.64. The molecule has 0 radical (unpaired) electrons. The van der Waals surface area contributed by atoms with Gasteiger partial charge in [0.05, 0.1) is 5.56 Å². The van der Waals surface area contributed by atoms with Crippen molar-refractivity contribution in [3.8, 4) is 0 Å². The van der Waals surface area contributed by atoms with Crippen LogP contribution in [-0.2, 0) is 0 Å². The molecule has 1 fully saturated rings. The van der Waals surface area contributed by atoms with E-state index in [0.717, 1.165) is 29.0 Å². The number of benzene rings is 1. The van der Waals surface area contributed by atoms with Gasteiger partial charge in [-0.05, 0) is 53.7 Å². The molecule has 0 bridgehead atoms. The summed E-state index contributed by atoms with van der Waals surface area (Å²) in [6.07, 6.45) is 2.56. The number of amides is 1. The highest BCUT2D eigenvalue weighted by Crippen LogP contribution is 2.30. The number of hydrogen-bond donors (Lipinski definition) is 0. The van der Waals surface area contributed by atoms with E-state index in [9.17, 15) is 4.79 Å². The molecule has 0 heterocycles. The summed E-state index contributed by atoms with van der Waals surface area (Å²) in [7, 11) is 0. The lowest BCUT2D eigenvalue weighted by Gasteiger charge is -2.21. The van der Waals surface area contributed by atoms with E-state index in [0.29, 0.717) is 0 Å². The summed E-state index contributed by atoms with van der Waals surface area (Å²) < 4.78 is 0.884. The number of carbonyl (C=O) groups is 1. The normalized spacial score (nSPS) is 14.9.